The molecule has 2 atom stereocenters. The molecule has 2 aromatic rings. The number of carbonyl (C=O) groups excluding carboxylic acids is 3. The van der Waals surface area contributed by atoms with Crippen LogP contribution in [0.1, 0.15) is 5.69 Å². The van der Waals surface area contributed by atoms with Crippen LogP contribution in [0.3, 0.4) is 0 Å². The number of thiol groups is 1. The standard InChI is InChI=1S/C15H14N8O4S4.ClH.H2O/c16-15-18-6(4-31-15)8(21-27)11(24)19-9-12(25)23-10(14(26)28)5(3-30-13(9)23)2-29-7-1-17-22-20-7;;/h1,4,9,13,27H,2-3H2,(H2,16,18)(H,19,24)(H,26,28)(H,17,20,22);1H;1H2/b21-8-;;/t9-,13-;;/m1../s1. The first-order valence-corrected chi connectivity index (χ1v) is 11.9. The normalized spacial score (nSPS) is 19.7. The van der Waals surface area contributed by atoms with E-state index in [1.165, 1.54) is 33.8 Å². The van der Waals surface area contributed by atoms with Crippen LogP contribution >= 0.6 is 59.9 Å². The Kier molecular flexibility index (Phi) is 9.15. The third-order valence-corrected chi connectivity index (χ3v) is 7.61. The number of nitrogens with two attached hydrogens (primary N) is 1. The number of oxime groups is 1. The van der Waals surface area contributed by atoms with Crippen LogP contribution in [-0.2, 0) is 14.4 Å². The van der Waals surface area contributed by atoms with Gasteiger partial charge in [0.2, 0.25) is 5.12 Å². The molecule has 178 valence electrons. The van der Waals surface area contributed by atoms with Gasteiger partial charge < -0.3 is 21.7 Å². The lowest BCUT2D eigenvalue weighted by Crippen LogP contribution is -2.71. The molecule has 0 bridgehead atoms. The summed E-state index contributed by atoms with van der Waals surface area (Å²) < 4.78 is 0. The number of β-lactam (4-membered cyclic amide) rings is 1. The highest BCUT2D eigenvalue weighted by atomic mass is 35.5. The molecule has 13 nitrogen and oxygen atoms in total. The molecule has 1 fully saturated rings. The van der Waals surface area contributed by atoms with E-state index in [0.29, 0.717) is 16.5 Å². The summed E-state index contributed by atoms with van der Waals surface area (Å²) in [4.78, 5) is 42.8. The molecule has 2 amide bonds. The number of rotatable bonds is 7. The smallest absolute Gasteiger partial charge is 0.276 e. The highest BCUT2D eigenvalue weighted by Crippen LogP contribution is 2.42. The predicted molar refractivity (Wildman–Crippen MR) is 129 cm³/mol. The number of aromatic amines is 1. The second kappa shape index (κ2) is 11.2. The van der Waals surface area contributed by atoms with Gasteiger partial charge in [0.25, 0.3) is 11.8 Å². The van der Waals surface area contributed by atoms with Gasteiger partial charge in [0.05, 0.1) is 6.20 Å². The molecule has 0 aromatic carbocycles. The number of aromatic nitrogens is 4. The van der Waals surface area contributed by atoms with Crippen LogP contribution in [0.4, 0.5) is 5.13 Å². The minimum Gasteiger partial charge on any atom is -0.412 e. The van der Waals surface area contributed by atoms with E-state index in [2.05, 4.69) is 43.5 Å². The molecule has 0 unspecified atom stereocenters. The minimum atomic E-state index is -0.891. The number of carbonyl (C=O) groups is 3. The van der Waals surface area contributed by atoms with E-state index >= 15 is 0 Å². The summed E-state index contributed by atoms with van der Waals surface area (Å²) in [6, 6.07) is -0.891. The average molecular weight is 553 g/mol. The zero-order valence-electron chi connectivity index (χ0n) is 16.3. The van der Waals surface area contributed by atoms with Crippen molar-refractivity contribution >= 4 is 87.7 Å². The number of halogens is 1. The maximum absolute atomic E-state index is 12.8. The topological polar surface area (TPSA) is 211 Å². The van der Waals surface area contributed by atoms with E-state index in [9.17, 15) is 19.6 Å². The minimum absolute atomic E-state index is 0. The van der Waals surface area contributed by atoms with Crippen LogP contribution < -0.4 is 11.1 Å². The van der Waals surface area contributed by atoms with Crippen molar-refractivity contribution in [1.29, 1.82) is 0 Å². The van der Waals surface area contributed by atoms with Crippen molar-refractivity contribution in [2.24, 2.45) is 5.16 Å². The lowest BCUT2D eigenvalue weighted by atomic mass is 10.0. The fourth-order valence-electron chi connectivity index (χ4n) is 3.03. The van der Waals surface area contributed by atoms with Crippen molar-refractivity contribution < 1.29 is 25.1 Å². The van der Waals surface area contributed by atoms with Crippen molar-refractivity contribution in [2.45, 2.75) is 16.4 Å². The van der Waals surface area contributed by atoms with Gasteiger partial charge >= 0.3 is 0 Å². The number of fused-ring (bicyclic) bond motifs is 1. The summed E-state index contributed by atoms with van der Waals surface area (Å²) in [6.07, 6.45) is 1.56. The third kappa shape index (κ3) is 5.28. The van der Waals surface area contributed by atoms with Crippen molar-refractivity contribution in [3.63, 3.8) is 0 Å². The number of amides is 2. The molecule has 4 rings (SSSR count). The number of thiazole rings is 1. The second-order valence-electron chi connectivity index (χ2n) is 6.23. The molecule has 0 spiro atoms. The number of H-pyrrole nitrogens is 1. The highest BCUT2D eigenvalue weighted by Gasteiger charge is 2.53. The molecule has 1 saturated heterocycles. The van der Waals surface area contributed by atoms with Gasteiger partial charge in [0.15, 0.2) is 10.8 Å². The molecule has 0 aliphatic carbocycles. The van der Waals surface area contributed by atoms with Crippen LogP contribution in [0.2, 0.25) is 0 Å². The number of nitrogens with one attached hydrogen (secondary N) is 2. The van der Waals surface area contributed by atoms with Gasteiger partial charge in [0, 0.05) is 16.9 Å². The molecule has 2 aliphatic rings. The summed E-state index contributed by atoms with van der Waals surface area (Å²) in [5.41, 5.74) is 6.24. The summed E-state index contributed by atoms with van der Waals surface area (Å²) in [5, 5.41) is 26.3. The molecule has 18 heteroatoms. The Morgan fingerprint density at radius 3 is 2.82 bits per heavy atom. The molecular weight excluding hydrogens is 536 g/mol. The third-order valence-electron chi connectivity index (χ3n) is 4.40. The predicted octanol–water partition coefficient (Wildman–Crippen LogP) is -0.479. The van der Waals surface area contributed by atoms with Gasteiger partial charge in [-0.2, -0.15) is 10.3 Å². The summed E-state index contributed by atoms with van der Waals surface area (Å²) in [6.45, 7) is 0. The zero-order chi connectivity index (χ0) is 22.1. The lowest BCUT2D eigenvalue weighted by molar-refractivity contribution is -0.146. The van der Waals surface area contributed by atoms with Gasteiger partial charge in [-0.25, -0.2) is 4.98 Å². The van der Waals surface area contributed by atoms with E-state index in [4.69, 9.17) is 5.73 Å². The fraction of sp³-hybridized carbons (Fsp3) is 0.267. The molecule has 4 heterocycles. The number of hydrogen-bond acceptors (Lipinski definition) is 12. The Morgan fingerprint density at radius 2 is 2.24 bits per heavy atom. The largest absolute Gasteiger partial charge is 0.412 e. The highest BCUT2D eigenvalue weighted by molar-refractivity contribution is 8.01. The Hall–Kier alpha value is -2.31. The molecule has 2 aromatic heterocycles. The number of anilines is 1. The fourth-order valence-corrected chi connectivity index (χ4v) is 6.12. The molecule has 0 saturated carbocycles. The maximum atomic E-state index is 12.8. The van der Waals surface area contributed by atoms with Crippen LogP contribution in [-0.4, -0.2) is 81.5 Å². The van der Waals surface area contributed by atoms with Crippen molar-refractivity contribution in [3.8, 4) is 0 Å². The van der Waals surface area contributed by atoms with E-state index in [1.807, 2.05) is 0 Å². The number of hydrogen-bond donors (Lipinski definition) is 5. The molecular formula is C15H17ClN8O5S4. The lowest BCUT2D eigenvalue weighted by Gasteiger charge is -2.49. The summed E-state index contributed by atoms with van der Waals surface area (Å²) in [5.74, 6) is -0.332. The first kappa shape index (κ1) is 26.9. The monoisotopic (exact) mass is 552 g/mol. The summed E-state index contributed by atoms with van der Waals surface area (Å²) in [7, 11) is 0. The number of nitrogen functional groups attached to an aromatic ring is 1. The first-order chi connectivity index (χ1) is 14.9. The summed E-state index contributed by atoms with van der Waals surface area (Å²) >= 11 is 7.80. The quantitative estimate of drug-likeness (QED) is 0.0743. The Bertz CT molecular complexity index is 1110. The second-order valence-corrected chi connectivity index (χ2v) is 9.63. The number of nitrogens with zero attached hydrogens (tertiary/aromatic N) is 5. The molecule has 33 heavy (non-hydrogen) atoms. The molecule has 2 aliphatic heterocycles. The van der Waals surface area contributed by atoms with Gasteiger partial charge in [0.1, 0.15) is 27.8 Å². The zero-order valence-corrected chi connectivity index (χ0v) is 20.4. The van der Waals surface area contributed by atoms with E-state index in [-0.39, 0.29) is 40.1 Å². The van der Waals surface area contributed by atoms with Crippen molar-refractivity contribution in [2.75, 3.05) is 17.2 Å². The Labute approximate surface area is 210 Å². The maximum Gasteiger partial charge on any atom is 0.276 e. The van der Waals surface area contributed by atoms with Gasteiger partial charge in [-0.05, 0) is 5.57 Å². The van der Waals surface area contributed by atoms with Crippen molar-refractivity contribution in [1.82, 2.24) is 30.6 Å². The van der Waals surface area contributed by atoms with Crippen LogP contribution in [0, 0.1) is 0 Å². The van der Waals surface area contributed by atoms with Gasteiger partial charge in [-0.3, -0.25) is 19.3 Å². The molecule has 0 radical (unpaired) electrons. The SMILES string of the molecule is Cl.Nc1nc(/C(=N/O)C(=O)N[C@@H]2C(=O)N3C(C(=O)S)=C(CSc4cn[nH]n4)CS[C@H]23)cs1.O. The number of thioether (sulfide) groups is 2. The Balaban J connectivity index is 0.00000193. The van der Waals surface area contributed by atoms with Crippen LogP contribution in [0.15, 0.2) is 33.0 Å². The van der Waals surface area contributed by atoms with E-state index in [1.54, 1.807) is 6.20 Å². The average Bonchev–Trinajstić information content (AvgIpc) is 3.42. The van der Waals surface area contributed by atoms with E-state index in [0.717, 1.165) is 16.9 Å². The van der Waals surface area contributed by atoms with Crippen LogP contribution in [0.5, 0.6) is 0 Å². The van der Waals surface area contributed by atoms with Gasteiger partial charge in [-0.15, -0.1) is 40.6 Å². The van der Waals surface area contributed by atoms with E-state index < -0.39 is 28.3 Å². The molecule has 7 N–H and O–H groups in total. The van der Waals surface area contributed by atoms with Crippen LogP contribution in [0.25, 0.3) is 0 Å². The van der Waals surface area contributed by atoms with Gasteiger partial charge in [-0.1, -0.05) is 29.5 Å². The van der Waals surface area contributed by atoms with Crippen molar-refractivity contribution in [3.05, 3.63) is 28.5 Å². The first-order valence-electron chi connectivity index (χ1n) is 8.53. The Morgan fingerprint density at radius 1 is 1.48 bits per heavy atom.